The number of carbonyl (C=O) groups excluding carboxylic acids is 1. The third kappa shape index (κ3) is 6.58. The first-order chi connectivity index (χ1) is 20.4. The highest BCUT2D eigenvalue weighted by Crippen LogP contribution is 2.29. The second-order valence-electron chi connectivity index (χ2n) is 11.6. The van der Waals surface area contributed by atoms with Crippen LogP contribution < -0.4 is 11.2 Å². The van der Waals surface area contributed by atoms with Crippen LogP contribution in [0.4, 0.5) is 0 Å². The molecule has 0 aliphatic heterocycles. The van der Waals surface area contributed by atoms with Gasteiger partial charge in [-0.1, -0.05) is 62.8 Å². The molecular weight excluding hydrogens is 536 g/mol. The Bertz CT molecular complexity index is 1570. The van der Waals surface area contributed by atoms with Crippen LogP contribution in [-0.4, -0.2) is 42.3 Å². The maximum Gasteiger partial charge on any atom is 0.332 e. The minimum Gasteiger partial charge on any atom is -0.478 e. The molecule has 2 aliphatic rings. The fraction of sp³-hybridized carbons (Fsp3) is 0.531. The highest BCUT2D eigenvalue weighted by molar-refractivity contribution is 5.85. The molecule has 0 atom stereocenters. The van der Waals surface area contributed by atoms with Gasteiger partial charge in [0.15, 0.2) is 11.2 Å². The number of aliphatic carboxylic acids is 1. The molecule has 10 nitrogen and oxygen atoms in total. The molecule has 0 bridgehead atoms. The van der Waals surface area contributed by atoms with Crippen LogP contribution in [0.25, 0.3) is 28.6 Å². The Hall–Kier alpha value is -3.95. The number of carboxylic acids is 1. The molecule has 2 aliphatic carbocycles. The van der Waals surface area contributed by atoms with Crippen LogP contribution in [0.15, 0.2) is 39.9 Å². The summed E-state index contributed by atoms with van der Waals surface area (Å²) in [5.41, 5.74) is 1.09. The predicted molar refractivity (Wildman–Crippen MR) is 160 cm³/mol. The van der Waals surface area contributed by atoms with Crippen LogP contribution in [0.3, 0.4) is 0 Å². The van der Waals surface area contributed by atoms with Crippen LogP contribution >= 0.6 is 0 Å². The van der Waals surface area contributed by atoms with Gasteiger partial charge in [-0.25, -0.2) is 14.6 Å². The number of nitrogens with zero attached hydrogens (tertiary/aromatic N) is 4. The van der Waals surface area contributed by atoms with Crippen molar-refractivity contribution >= 4 is 29.2 Å². The molecule has 3 aromatic rings. The molecule has 0 amide bonds. The van der Waals surface area contributed by atoms with Crippen molar-refractivity contribution in [2.45, 2.75) is 90.8 Å². The number of hydrogen-bond donors (Lipinski definition) is 1. The molecular formula is C32H40N4O6. The fourth-order valence-electron chi connectivity index (χ4n) is 6.49. The minimum absolute atomic E-state index is 0.198. The third-order valence-corrected chi connectivity index (χ3v) is 8.63. The third-order valence-electron chi connectivity index (χ3n) is 8.63. The highest BCUT2D eigenvalue weighted by atomic mass is 16.5. The smallest absolute Gasteiger partial charge is 0.332 e. The van der Waals surface area contributed by atoms with Crippen LogP contribution in [0.1, 0.15) is 76.7 Å². The molecule has 2 aromatic heterocycles. The Morgan fingerprint density at radius 2 is 1.50 bits per heavy atom. The number of carbonyl (C=O) groups is 2. The van der Waals surface area contributed by atoms with Crippen molar-refractivity contribution in [3.8, 4) is 11.4 Å². The summed E-state index contributed by atoms with van der Waals surface area (Å²) < 4.78 is 9.91. The Morgan fingerprint density at radius 1 is 0.905 bits per heavy atom. The normalized spacial score (nSPS) is 16.8. The van der Waals surface area contributed by atoms with E-state index in [1.807, 2.05) is 0 Å². The number of esters is 1. The van der Waals surface area contributed by atoms with E-state index in [0.717, 1.165) is 57.4 Å². The van der Waals surface area contributed by atoms with Gasteiger partial charge in [-0.3, -0.25) is 18.7 Å². The summed E-state index contributed by atoms with van der Waals surface area (Å²) in [6, 6.07) is 7.04. The van der Waals surface area contributed by atoms with Gasteiger partial charge in [-0.05, 0) is 56.1 Å². The van der Waals surface area contributed by atoms with Gasteiger partial charge in [0.05, 0.1) is 6.61 Å². The lowest BCUT2D eigenvalue weighted by molar-refractivity contribution is -0.143. The lowest BCUT2D eigenvalue weighted by Gasteiger charge is -2.25. The maximum atomic E-state index is 14.1. The molecule has 10 heteroatoms. The molecule has 2 heterocycles. The largest absolute Gasteiger partial charge is 0.478 e. The van der Waals surface area contributed by atoms with E-state index in [1.54, 1.807) is 40.3 Å². The molecule has 2 saturated carbocycles. The second-order valence-corrected chi connectivity index (χ2v) is 11.6. The first kappa shape index (κ1) is 29.5. The lowest BCUT2D eigenvalue weighted by Crippen LogP contribution is -2.43. The lowest BCUT2D eigenvalue weighted by atomic mass is 9.89. The summed E-state index contributed by atoms with van der Waals surface area (Å²) in [5.74, 6) is -0.578. The maximum absolute atomic E-state index is 14.1. The van der Waals surface area contributed by atoms with Crippen molar-refractivity contribution in [3.05, 3.63) is 56.7 Å². The van der Waals surface area contributed by atoms with Crippen molar-refractivity contribution in [2.75, 3.05) is 6.61 Å². The van der Waals surface area contributed by atoms with E-state index in [1.165, 1.54) is 23.5 Å². The molecule has 42 heavy (non-hydrogen) atoms. The van der Waals surface area contributed by atoms with Crippen molar-refractivity contribution in [2.24, 2.45) is 11.8 Å². The first-order valence-electron chi connectivity index (χ1n) is 15.3. The fourth-order valence-corrected chi connectivity index (χ4v) is 6.49. The zero-order valence-electron chi connectivity index (χ0n) is 24.3. The van der Waals surface area contributed by atoms with Gasteiger partial charge in [0.1, 0.15) is 12.4 Å². The Labute approximate surface area is 244 Å². The number of rotatable bonds is 10. The SMILES string of the molecule is CCOC(=O)Cn1c(-c2ccc(/C=C/C(=O)O)cc2)nc2c1c(=O)n(CC1CCCCC1)c(=O)n2CC1CCCCC1. The number of ether oxygens (including phenoxy) is 1. The number of carboxylic acid groups (broad SMARTS) is 1. The van der Waals surface area contributed by atoms with E-state index in [2.05, 4.69) is 0 Å². The summed E-state index contributed by atoms with van der Waals surface area (Å²) in [4.78, 5) is 56.8. The number of fused-ring (bicyclic) bond motifs is 1. The molecule has 2 fully saturated rings. The van der Waals surface area contributed by atoms with Gasteiger partial charge in [0, 0.05) is 24.7 Å². The highest BCUT2D eigenvalue weighted by Gasteiger charge is 2.27. The zero-order chi connectivity index (χ0) is 29.6. The molecule has 224 valence electrons. The molecule has 5 rings (SSSR count). The van der Waals surface area contributed by atoms with Crippen molar-refractivity contribution in [3.63, 3.8) is 0 Å². The van der Waals surface area contributed by atoms with Crippen LogP contribution in [0.2, 0.25) is 0 Å². The molecule has 0 spiro atoms. The van der Waals surface area contributed by atoms with Gasteiger partial charge >= 0.3 is 17.6 Å². The molecule has 0 saturated heterocycles. The van der Waals surface area contributed by atoms with E-state index >= 15 is 0 Å². The minimum atomic E-state index is -1.05. The summed E-state index contributed by atoms with van der Waals surface area (Å²) in [5, 5.41) is 8.97. The Morgan fingerprint density at radius 3 is 2.07 bits per heavy atom. The average Bonchev–Trinajstić information content (AvgIpc) is 3.36. The first-order valence-corrected chi connectivity index (χ1v) is 15.3. The van der Waals surface area contributed by atoms with Gasteiger partial charge < -0.3 is 14.4 Å². The van der Waals surface area contributed by atoms with E-state index in [0.29, 0.717) is 41.6 Å². The van der Waals surface area contributed by atoms with E-state index in [-0.39, 0.29) is 30.3 Å². The van der Waals surface area contributed by atoms with Crippen molar-refractivity contribution in [1.82, 2.24) is 18.7 Å². The summed E-state index contributed by atoms with van der Waals surface area (Å²) >= 11 is 0. The van der Waals surface area contributed by atoms with Crippen LogP contribution in [0, 0.1) is 11.8 Å². The summed E-state index contributed by atoms with van der Waals surface area (Å²) in [6.45, 7) is 2.55. The topological polar surface area (TPSA) is 125 Å². The summed E-state index contributed by atoms with van der Waals surface area (Å²) in [6.07, 6.45) is 13.4. The van der Waals surface area contributed by atoms with Crippen molar-refractivity contribution < 1.29 is 19.4 Å². The van der Waals surface area contributed by atoms with Crippen molar-refractivity contribution in [1.29, 1.82) is 0 Å². The number of imidazole rings is 1. The number of aromatic nitrogens is 4. The Balaban J connectivity index is 1.69. The molecule has 0 unspecified atom stereocenters. The average molecular weight is 577 g/mol. The van der Waals surface area contributed by atoms with Gasteiger partial charge in [-0.2, -0.15) is 0 Å². The quantitative estimate of drug-likeness (QED) is 0.270. The van der Waals surface area contributed by atoms with E-state index < -0.39 is 17.5 Å². The van der Waals surface area contributed by atoms with Gasteiger partial charge in [0.2, 0.25) is 0 Å². The molecule has 1 aromatic carbocycles. The monoisotopic (exact) mass is 576 g/mol. The number of benzene rings is 1. The van der Waals surface area contributed by atoms with Gasteiger partial charge in [-0.15, -0.1) is 0 Å². The van der Waals surface area contributed by atoms with E-state index in [4.69, 9.17) is 14.8 Å². The van der Waals surface area contributed by atoms with Crippen LogP contribution in [0.5, 0.6) is 0 Å². The van der Waals surface area contributed by atoms with Crippen LogP contribution in [-0.2, 0) is 34.0 Å². The zero-order valence-corrected chi connectivity index (χ0v) is 24.3. The molecule has 0 radical (unpaired) electrons. The van der Waals surface area contributed by atoms with Gasteiger partial charge in [0.25, 0.3) is 5.56 Å². The standard InChI is InChI=1S/C32H40N4O6/c1-2-42-27(39)21-34-28-30(33-29(34)25-16-13-22(14-17-25)15-18-26(37)38)35(19-23-9-5-3-6-10-23)32(41)36(31(28)40)20-24-11-7-4-8-12-24/h13-18,23-24H,2-12,19-21H2,1H3,(H,37,38)/b18-15+. The number of hydrogen-bond acceptors (Lipinski definition) is 6. The predicted octanol–water partition coefficient (Wildman–Crippen LogP) is 4.85. The van der Waals surface area contributed by atoms with E-state index in [9.17, 15) is 19.2 Å². The Kier molecular flexibility index (Phi) is 9.39. The summed E-state index contributed by atoms with van der Waals surface area (Å²) in [7, 11) is 0. The molecule has 1 N–H and O–H groups in total. The second kappa shape index (κ2) is 13.4.